The Bertz CT molecular complexity index is 1010. The highest BCUT2D eigenvalue weighted by molar-refractivity contribution is 9.08. The SMILES string of the molecule is CC(C)(C)c1cc(C(=O)Cn2ncn(CCN3CCCCC3)/c2=N/Br)cc(C(C)(C)C)c1O. The highest BCUT2D eigenvalue weighted by atomic mass is 79.9. The fourth-order valence-electron chi connectivity index (χ4n) is 4.34. The van der Waals surface area contributed by atoms with E-state index in [0.29, 0.717) is 11.2 Å². The molecule has 1 fully saturated rings. The van der Waals surface area contributed by atoms with E-state index in [0.717, 1.165) is 37.3 Å². The maximum absolute atomic E-state index is 13.3. The molecule has 8 heteroatoms. The Kier molecular flexibility index (Phi) is 7.89. The van der Waals surface area contributed by atoms with Gasteiger partial charge in [-0.15, -0.1) is 0 Å². The van der Waals surface area contributed by atoms with Crippen LogP contribution in [-0.2, 0) is 23.9 Å². The lowest BCUT2D eigenvalue weighted by Crippen LogP contribution is -2.35. The van der Waals surface area contributed by atoms with E-state index in [1.807, 2.05) is 58.2 Å². The van der Waals surface area contributed by atoms with Crippen LogP contribution in [0, 0.1) is 0 Å². The van der Waals surface area contributed by atoms with Crippen molar-refractivity contribution in [1.29, 1.82) is 0 Å². The lowest BCUT2D eigenvalue weighted by atomic mass is 9.78. The van der Waals surface area contributed by atoms with Crippen LogP contribution in [0.2, 0.25) is 0 Å². The monoisotopic (exact) mass is 519 g/mol. The number of carbonyl (C=O) groups is 1. The Labute approximate surface area is 205 Å². The van der Waals surface area contributed by atoms with E-state index in [4.69, 9.17) is 0 Å². The molecular formula is C25H38BrN5O2. The predicted molar refractivity (Wildman–Crippen MR) is 135 cm³/mol. The van der Waals surface area contributed by atoms with Crippen LogP contribution >= 0.6 is 16.1 Å². The number of rotatable bonds is 6. The second-order valence-electron chi connectivity index (χ2n) is 11.1. The van der Waals surface area contributed by atoms with Gasteiger partial charge in [-0.3, -0.25) is 9.36 Å². The predicted octanol–water partition coefficient (Wildman–Crippen LogP) is 4.56. The number of phenols is 1. The van der Waals surface area contributed by atoms with Gasteiger partial charge in [-0.05, 0) is 48.9 Å². The lowest BCUT2D eigenvalue weighted by molar-refractivity contribution is 0.0965. The first-order chi connectivity index (χ1) is 15.4. The van der Waals surface area contributed by atoms with Gasteiger partial charge < -0.3 is 10.0 Å². The molecule has 1 N–H and O–H groups in total. The van der Waals surface area contributed by atoms with Crippen molar-refractivity contribution in [3.8, 4) is 5.75 Å². The molecule has 1 aliphatic rings. The van der Waals surface area contributed by atoms with Crippen molar-refractivity contribution < 1.29 is 9.90 Å². The Morgan fingerprint density at radius 1 is 1.03 bits per heavy atom. The van der Waals surface area contributed by atoms with Crippen molar-refractivity contribution in [2.75, 3.05) is 19.6 Å². The first-order valence-electron chi connectivity index (χ1n) is 11.8. The number of carbonyl (C=O) groups excluding carboxylic acids is 1. The molecule has 1 aromatic heterocycles. The van der Waals surface area contributed by atoms with Gasteiger partial charge in [0, 0.05) is 29.8 Å². The molecule has 0 saturated carbocycles. The van der Waals surface area contributed by atoms with Gasteiger partial charge >= 0.3 is 0 Å². The molecular weight excluding hydrogens is 482 g/mol. The molecule has 0 spiro atoms. The number of aromatic nitrogens is 3. The summed E-state index contributed by atoms with van der Waals surface area (Å²) in [4.78, 5) is 15.8. The zero-order chi connectivity index (χ0) is 24.4. The van der Waals surface area contributed by atoms with Gasteiger partial charge in [0.15, 0.2) is 5.78 Å². The van der Waals surface area contributed by atoms with Crippen molar-refractivity contribution >= 4 is 21.9 Å². The van der Waals surface area contributed by atoms with Crippen LogP contribution in [0.5, 0.6) is 5.75 Å². The van der Waals surface area contributed by atoms with Crippen LogP contribution < -0.4 is 5.62 Å². The largest absolute Gasteiger partial charge is 0.507 e. The van der Waals surface area contributed by atoms with E-state index in [1.165, 1.54) is 19.3 Å². The van der Waals surface area contributed by atoms with Crippen LogP contribution in [0.1, 0.15) is 82.3 Å². The number of ketones is 1. The van der Waals surface area contributed by atoms with E-state index < -0.39 is 0 Å². The number of aromatic hydroxyl groups is 1. The summed E-state index contributed by atoms with van der Waals surface area (Å²) in [7, 11) is 0. The highest BCUT2D eigenvalue weighted by Crippen LogP contribution is 2.39. The minimum absolute atomic E-state index is 0.0605. The maximum Gasteiger partial charge on any atom is 0.235 e. The molecule has 2 heterocycles. The number of Topliss-reactive ketones (excluding diaryl/α,β-unsaturated/α-hetero) is 1. The van der Waals surface area contributed by atoms with E-state index in [1.54, 1.807) is 11.0 Å². The molecule has 0 aliphatic carbocycles. The summed E-state index contributed by atoms with van der Waals surface area (Å²) in [6.45, 7) is 16.4. The molecule has 2 aromatic rings. The molecule has 0 bridgehead atoms. The molecule has 1 aliphatic heterocycles. The summed E-state index contributed by atoms with van der Waals surface area (Å²) >= 11 is 3.22. The van der Waals surface area contributed by atoms with Gasteiger partial charge in [-0.2, -0.15) is 9.12 Å². The second kappa shape index (κ2) is 10.1. The van der Waals surface area contributed by atoms with Crippen molar-refractivity contribution in [2.24, 2.45) is 4.02 Å². The topological polar surface area (TPSA) is 75.7 Å². The van der Waals surface area contributed by atoms with Gasteiger partial charge in [0.25, 0.3) is 0 Å². The third kappa shape index (κ3) is 6.15. The van der Waals surface area contributed by atoms with Gasteiger partial charge in [0.05, 0.1) is 16.1 Å². The Balaban J connectivity index is 1.86. The van der Waals surface area contributed by atoms with Crippen molar-refractivity contribution in [1.82, 2.24) is 19.2 Å². The standard InChI is InChI=1S/C25H38BrN5O2/c1-24(2,3)19-14-18(15-20(22(19)33)25(4,5)6)21(32)16-31-23(28-26)30(17-27-31)13-12-29-10-8-7-9-11-29/h14-15,17,33H,7-13,16H2,1-6H3/b28-23-. The zero-order valence-electron chi connectivity index (χ0n) is 20.9. The van der Waals surface area contributed by atoms with E-state index >= 15 is 0 Å². The third-order valence-electron chi connectivity index (χ3n) is 6.34. The van der Waals surface area contributed by atoms with Crippen LogP contribution in [-0.4, -0.2) is 49.8 Å². The van der Waals surface area contributed by atoms with Crippen LogP contribution in [0.4, 0.5) is 0 Å². The molecule has 0 atom stereocenters. The van der Waals surface area contributed by atoms with Crippen molar-refractivity contribution in [3.63, 3.8) is 0 Å². The minimum atomic E-state index is -0.292. The number of hydrogen-bond donors (Lipinski definition) is 1. The number of piperidine rings is 1. The third-order valence-corrected chi connectivity index (χ3v) is 6.66. The van der Waals surface area contributed by atoms with Gasteiger partial charge in [0.1, 0.15) is 18.6 Å². The average Bonchev–Trinajstić information content (AvgIpc) is 3.12. The normalized spacial score (nSPS) is 16.4. The molecule has 182 valence electrons. The number of halogens is 1. The minimum Gasteiger partial charge on any atom is -0.507 e. The Hall–Kier alpha value is -1.93. The molecule has 0 radical (unpaired) electrons. The second-order valence-corrected chi connectivity index (χ2v) is 11.5. The van der Waals surface area contributed by atoms with Crippen LogP contribution in [0.3, 0.4) is 0 Å². The van der Waals surface area contributed by atoms with Gasteiger partial charge in [-0.1, -0.05) is 48.0 Å². The summed E-state index contributed by atoms with van der Waals surface area (Å²) in [5.41, 5.74) is 2.17. The first kappa shape index (κ1) is 25.7. The van der Waals surface area contributed by atoms with Crippen LogP contribution in [0.25, 0.3) is 0 Å². The number of nitrogens with zero attached hydrogens (tertiary/aromatic N) is 5. The molecule has 33 heavy (non-hydrogen) atoms. The van der Waals surface area contributed by atoms with Crippen molar-refractivity contribution in [3.05, 3.63) is 40.8 Å². The van der Waals surface area contributed by atoms with E-state index in [2.05, 4.69) is 30.2 Å². The number of hydrogen-bond acceptors (Lipinski definition) is 5. The summed E-state index contributed by atoms with van der Waals surface area (Å²) in [6, 6.07) is 3.65. The Morgan fingerprint density at radius 3 is 2.12 bits per heavy atom. The Morgan fingerprint density at radius 2 is 1.61 bits per heavy atom. The lowest BCUT2D eigenvalue weighted by Gasteiger charge is -2.28. The smallest absolute Gasteiger partial charge is 0.235 e. The van der Waals surface area contributed by atoms with Crippen molar-refractivity contribution in [2.45, 2.75) is 84.7 Å². The molecule has 0 unspecified atom stereocenters. The quantitative estimate of drug-likeness (QED) is 0.567. The summed E-state index contributed by atoms with van der Waals surface area (Å²) in [5.74, 6) is 0.215. The first-order valence-corrected chi connectivity index (χ1v) is 12.5. The van der Waals surface area contributed by atoms with E-state index in [9.17, 15) is 9.90 Å². The molecule has 0 amide bonds. The summed E-state index contributed by atoms with van der Waals surface area (Å²) in [6.07, 6.45) is 5.58. The van der Waals surface area contributed by atoms with Gasteiger partial charge in [0.2, 0.25) is 5.62 Å². The summed E-state index contributed by atoms with van der Waals surface area (Å²) < 4.78 is 7.85. The van der Waals surface area contributed by atoms with Crippen LogP contribution in [0.15, 0.2) is 22.5 Å². The van der Waals surface area contributed by atoms with Gasteiger partial charge in [-0.25, -0.2) is 4.68 Å². The fourth-order valence-corrected chi connectivity index (χ4v) is 4.72. The van der Waals surface area contributed by atoms with E-state index in [-0.39, 0.29) is 28.9 Å². The molecule has 3 rings (SSSR count). The summed E-state index contributed by atoms with van der Waals surface area (Å²) in [5, 5.41) is 15.4. The number of phenolic OH excluding ortho intramolecular Hbond substituents is 1. The highest BCUT2D eigenvalue weighted by Gasteiger charge is 2.28. The maximum atomic E-state index is 13.3. The average molecular weight is 521 g/mol. The molecule has 1 aromatic carbocycles. The fraction of sp³-hybridized carbons (Fsp3) is 0.640. The number of likely N-dealkylation sites (tertiary alicyclic amines) is 1. The zero-order valence-corrected chi connectivity index (χ0v) is 22.4. The number of benzene rings is 1. The molecule has 7 nitrogen and oxygen atoms in total. The molecule has 1 saturated heterocycles.